The fourth-order valence-electron chi connectivity index (χ4n) is 1.39. The Kier molecular flexibility index (Phi) is 3.34. The predicted molar refractivity (Wildman–Crippen MR) is 63.6 cm³/mol. The van der Waals surface area contributed by atoms with Gasteiger partial charge in [0.2, 0.25) is 0 Å². The van der Waals surface area contributed by atoms with Crippen molar-refractivity contribution in [2.75, 3.05) is 12.4 Å². The topological polar surface area (TPSA) is 71.8 Å². The smallest absolute Gasteiger partial charge is 0.318 e. The summed E-state index contributed by atoms with van der Waals surface area (Å²) in [6.45, 7) is 0.667. The van der Waals surface area contributed by atoms with Gasteiger partial charge in [0.25, 0.3) is 0 Å². The first-order valence-corrected chi connectivity index (χ1v) is 5.18. The molecular formula is C11H13N5O. The molecular weight excluding hydrogens is 218 g/mol. The van der Waals surface area contributed by atoms with Crippen molar-refractivity contribution in [3.8, 4) is 0 Å². The van der Waals surface area contributed by atoms with E-state index in [1.165, 1.54) is 6.33 Å². The Bertz CT molecular complexity index is 477. The van der Waals surface area contributed by atoms with Crippen molar-refractivity contribution in [1.29, 1.82) is 0 Å². The number of nitrogens with one attached hydrogen (secondary N) is 2. The van der Waals surface area contributed by atoms with E-state index < -0.39 is 0 Å². The lowest BCUT2D eigenvalue weighted by Crippen LogP contribution is -2.24. The molecule has 0 aliphatic carbocycles. The van der Waals surface area contributed by atoms with Crippen LogP contribution in [0.2, 0.25) is 0 Å². The number of hydrogen-bond donors (Lipinski definition) is 2. The zero-order chi connectivity index (χ0) is 12.1. The van der Waals surface area contributed by atoms with E-state index in [-0.39, 0.29) is 6.03 Å². The van der Waals surface area contributed by atoms with Gasteiger partial charge in [-0.1, -0.05) is 12.1 Å². The number of carbonyl (C=O) groups is 1. The van der Waals surface area contributed by atoms with Crippen LogP contribution in [-0.4, -0.2) is 27.8 Å². The van der Waals surface area contributed by atoms with Crippen LogP contribution in [-0.2, 0) is 6.54 Å². The van der Waals surface area contributed by atoms with Gasteiger partial charge in [-0.15, -0.1) is 0 Å². The second-order valence-electron chi connectivity index (χ2n) is 3.49. The van der Waals surface area contributed by atoms with E-state index >= 15 is 0 Å². The molecule has 2 amide bonds. The fourth-order valence-corrected chi connectivity index (χ4v) is 1.39. The van der Waals surface area contributed by atoms with Gasteiger partial charge >= 0.3 is 6.03 Å². The lowest BCUT2D eigenvalue weighted by atomic mass is 10.2. The van der Waals surface area contributed by atoms with E-state index in [0.717, 1.165) is 11.3 Å². The zero-order valence-electron chi connectivity index (χ0n) is 9.42. The van der Waals surface area contributed by atoms with E-state index in [4.69, 9.17) is 0 Å². The molecule has 0 fully saturated rings. The van der Waals surface area contributed by atoms with Crippen molar-refractivity contribution in [2.45, 2.75) is 6.54 Å². The molecule has 1 aromatic carbocycles. The molecule has 1 heterocycles. The third-order valence-electron chi connectivity index (χ3n) is 2.25. The Balaban J connectivity index is 2.00. The van der Waals surface area contributed by atoms with Crippen molar-refractivity contribution in [1.82, 2.24) is 20.1 Å². The van der Waals surface area contributed by atoms with Gasteiger partial charge in [-0.25, -0.2) is 14.5 Å². The molecule has 2 rings (SSSR count). The second-order valence-corrected chi connectivity index (χ2v) is 3.49. The van der Waals surface area contributed by atoms with Crippen molar-refractivity contribution >= 4 is 11.7 Å². The minimum atomic E-state index is -0.228. The first-order chi connectivity index (χ1) is 8.28. The van der Waals surface area contributed by atoms with E-state index in [0.29, 0.717) is 6.54 Å². The molecule has 2 N–H and O–H groups in total. The van der Waals surface area contributed by atoms with Gasteiger partial charge in [0, 0.05) is 12.7 Å². The summed E-state index contributed by atoms with van der Waals surface area (Å²) < 4.78 is 1.74. The van der Waals surface area contributed by atoms with Crippen LogP contribution >= 0.6 is 0 Å². The van der Waals surface area contributed by atoms with Crippen molar-refractivity contribution < 1.29 is 4.79 Å². The van der Waals surface area contributed by atoms with Gasteiger partial charge in [0.1, 0.15) is 12.7 Å². The highest BCUT2D eigenvalue weighted by Gasteiger charge is 1.99. The summed E-state index contributed by atoms with van der Waals surface area (Å²) in [6, 6.07) is 7.34. The summed E-state index contributed by atoms with van der Waals surface area (Å²) in [5.41, 5.74) is 1.85. The summed E-state index contributed by atoms with van der Waals surface area (Å²) in [4.78, 5) is 15.0. The Labute approximate surface area is 98.7 Å². The van der Waals surface area contributed by atoms with Gasteiger partial charge in [-0.05, 0) is 17.7 Å². The fraction of sp³-hybridized carbons (Fsp3) is 0.182. The first-order valence-electron chi connectivity index (χ1n) is 5.18. The monoisotopic (exact) mass is 231 g/mol. The van der Waals surface area contributed by atoms with Crippen LogP contribution in [0, 0.1) is 0 Å². The molecule has 0 bridgehead atoms. The molecule has 0 spiro atoms. The lowest BCUT2D eigenvalue weighted by molar-refractivity contribution is 0.254. The Hall–Kier alpha value is -2.37. The van der Waals surface area contributed by atoms with Crippen LogP contribution in [0.5, 0.6) is 0 Å². The molecule has 88 valence electrons. The number of rotatable bonds is 3. The van der Waals surface area contributed by atoms with Crippen molar-refractivity contribution in [3.63, 3.8) is 0 Å². The first kappa shape index (κ1) is 11.1. The number of anilines is 1. The maximum absolute atomic E-state index is 11.1. The number of hydrogen-bond acceptors (Lipinski definition) is 3. The molecule has 0 atom stereocenters. The minimum Gasteiger partial charge on any atom is -0.341 e. The van der Waals surface area contributed by atoms with E-state index in [2.05, 4.69) is 20.7 Å². The molecule has 0 radical (unpaired) electrons. The Morgan fingerprint density at radius 2 is 2.12 bits per heavy atom. The van der Waals surface area contributed by atoms with Gasteiger partial charge in [-0.2, -0.15) is 5.10 Å². The maximum Gasteiger partial charge on any atom is 0.318 e. The predicted octanol–water partition coefficient (Wildman–Crippen LogP) is 1.08. The second kappa shape index (κ2) is 5.11. The van der Waals surface area contributed by atoms with Crippen LogP contribution < -0.4 is 10.6 Å². The van der Waals surface area contributed by atoms with E-state index in [1.54, 1.807) is 18.1 Å². The number of carbonyl (C=O) groups excluding carboxylic acids is 1. The standard InChI is InChI=1S/C11H13N5O/c1-12-11(17)15-10-4-2-9(3-5-10)6-16-8-13-7-14-16/h2-5,7-8H,6H2,1H3,(H2,12,15,17). The highest BCUT2D eigenvalue weighted by atomic mass is 16.2. The van der Waals surface area contributed by atoms with Crippen molar-refractivity contribution in [2.24, 2.45) is 0 Å². The number of amides is 2. The molecule has 17 heavy (non-hydrogen) atoms. The summed E-state index contributed by atoms with van der Waals surface area (Å²) in [7, 11) is 1.58. The van der Waals surface area contributed by atoms with E-state index in [9.17, 15) is 4.79 Å². The summed E-state index contributed by atoms with van der Waals surface area (Å²) in [6.07, 6.45) is 3.16. The maximum atomic E-state index is 11.1. The summed E-state index contributed by atoms with van der Waals surface area (Å²) in [5.74, 6) is 0. The van der Waals surface area contributed by atoms with Crippen molar-refractivity contribution in [3.05, 3.63) is 42.5 Å². The lowest BCUT2D eigenvalue weighted by Gasteiger charge is -2.05. The average Bonchev–Trinajstić information content (AvgIpc) is 2.84. The summed E-state index contributed by atoms with van der Waals surface area (Å²) >= 11 is 0. The molecule has 0 aliphatic rings. The van der Waals surface area contributed by atoms with Gasteiger partial charge in [-0.3, -0.25) is 0 Å². The molecule has 0 aliphatic heterocycles. The molecule has 0 saturated carbocycles. The number of urea groups is 1. The highest BCUT2D eigenvalue weighted by molar-refractivity contribution is 5.88. The number of nitrogens with zero attached hydrogens (tertiary/aromatic N) is 3. The Morgan fingerprint density at radius 3 is 2.71 bits per heavy atom. The molecule has 0 saturated heterocycles. The zero-order valence-corrected chi connectivity index (χ0v) is 9.42. The average molecular weight is 231 g/mol. The van der Waals surface area contributed by atoms with Gasteiger partial charge in [0.05, 0.1) is 6.54 Å². The molecule has 6 nitrogen and oxygen atoms in total. The quantitative estimate of drug-likeness (QED) is 0.830. The SMILES string of the molecule is CNC(=O)Nc1ccc(Cn2cncn2)cc1. The third kappa shape index (κ3) is 3.04. The minimum absolute atomic E-state index is 0.228. The van der Waals surface area contributed by atoms with E-state index in [1.807, 2.05) is 24.3 Å². The third-order valence-corrected chi connectivity index (χ3v) is 2.25. The van der Waals surface area contributed by atoms with Crippen LogP contribution in [0.1, 0.15) is 5.56 Å². The molecule has 1 aromatic heterocycles. The largest absolute Gasteiger partial charge is 0.341 e. The highest BCUT2D eigenvalue weighted by Crippen LogP contribution is 2.10. The molecule has 6 heteroatoms. The number of benzene rings is 1. The van der Waals surface area contributed by atoms with Crippen LogP contribution in [0.25, 0.3) is 0 Å². The normalized spacial score (nSPS) is 9.94. The number of aromatic nitrogens is 3. The summed E-state index contributed by atoms with van der Waals surface area (Å²) in [5, 5.41) is 9.21. The van der Waals surface area contributed by atoms with Gasteiger partial charge < -0.3 is 10.6 Å². The molecule has 0 unspecified atom stereocenters. The van der Waals surface area contributed by atoms with Crippen LogP contribution in [0.4, 0.5) is 10.5 Å². The van der Waals surface area contributed by atoms with Gasteiger partial charge in [0.15, 0.2) is 0 Å². The van der Waals surface area contributed by atoms with Crippen LogP contribution in [0.3, 0.4) is 0 Å². The van der Waals surface area contributed by atoms with Crippen LogP contribution in [0.15, 0.2) is 36.9 Å². The Morgan fingerprint density at radius 1 is 1.35 bits per heavy atom. The molecule has 2 aromatic rings.